The quantitative estimate of drug-likeness (QED) is 0.711. The maximum atomic E-state index is 12.5. The van der Waals surface area contributed by atoms with E-state index >= 15 is 0 Å². The molecule has 1 N–H and O–H groups in total. The summed E-state index contributed by atoms with van der Waals surface area (Å²) >= 11 is 0. The summed E-state index contributed by atoms with van der Waals surface area (Å²) < 4.78 is 61.1. The van der Waals surface area contributed by atoms with Crippen molar-refractivity contribution < 1.29 is 26.4 Å². The van der Waals surface area contributed by atoms with E-state index in [0.29, 0.717) is 36.2 Å². The van der Waals surface area contributed by atoms with Crippen LogP contribution in [0.3, 0.4) is 0 Å². The van der Waals surface area contributed by atoms with Crippen molar-refractivity contribution in [1.29, 1.82) is 0 Å². The highest BCUT2D eigenvalue weighted by atomic mass is 32.2. The lowest BCUT2D eigenvalue weighted by molar-refractivity contribution is -0.145. The molecule has 1 unspecified atom stereocenters. The maximum absolute atomic E-state index is 12.5. The fourth-order valence-electron chi connectivity index (χ4n) is 2.87. The average molecular weight is 415 g/mol. The highest BCUT2D eigenvalue weighted by Crippen LogP contribution is 2.26. The molecule has 0 aliphatic carbocycles. The van der Waals surface area contributed by atoms with E-state index in [1.54, 1.807) is 12.1 Å². The number of carbonyl (C=O) groups excluding carboxylic acids is 1. The first-order chi connectivity index (χ1) is 13.3. The van der Waals surface area contributed by atoms with Gasteiger partial charge in [0.2, 0.25) is 22.6 Å². The molecule has 1 atom stereocenters. The van der Waals surface area contributed by atoms with Gasteiger partial charge in [0.25, 0.3) is 0 Å². The van der Waals surface area contributed by atoms with Gasteiger partial charge in [-0.05, 0) is 30.5 Å². The number of hydrogen-bond acceptors (Lipinski definition) is 6. The molecule has 0 spiro atoms. The molecule has 8 nitrogen and oxygen atoms in total. The number of nitrogens with one attached hydrogen (secondary N) is 1. The van der Waals surface area contributed by atoms with Crippen molar-refractivity contribution in [2.75, 3.05) is 6.54 Å². The third-order valence-electron chi connectivity index (χ3n) is 4.23. The monoisotopic (exact) mass is 415 g/mol. The van der Waals surface area contributed by atoms with Gasteiger partial charge >= 0.3 is 6.18 Å². The minimum Gasteiger partial charge on any atom is -0.351 e. The second-order valence-corrected chi connectivity index (χ2v) is 7.11. The highest BCUT2D eigenvalue weighted by molar-refractivity contribution is 7.69. The average Bonchev–Trinajstić information content (AvgIpc) is 3.16. The Morgan fingerprint density at radius 3 is 2.61 bits per heavy atom. The van der Waals surface area contributed by atoms with Gasteiger partial charge in [0.15, 0.2) is 0 Å². The number of aromatic nitrogens is 3. The predicted octanol–water partition coefficient (Wildman–Crippen LogP) is 1.16. The zero-order valence-electron chi connectivity index (χ0n) is 14.4. The van der Waals surface area contributed by atoms with Crippen LogP contribution in [0, 0.1) is 0 Å². The van der Waals surface area contributed by atoms with Crippen LogP contribution < -0.4 is 5.32 Å². The SMILES string of the molecule is O=C(NCc1ccnc(-c2cnc(C(F)(F)F)nc2)c1)C1CCCN1[SH](=O)=O. The van der Waals surface area contributed by atoms with Gasteiger partial charge in [-0.3, -0.25) is 9.78 Å². The molecule has 0 saturated carbocycles. The smallest absolute Gasteiger partial charge is 0.351 e. The molecule has 0 bridgehead atoms. The van der Waals surface area contributed by atoms with E-state index in [1.807, 2.05) is 0 Å². The standard InChI is InChI=1S/C16H16F3N5O3S/c17-16(18,19)15-22-8-11(9-23-15)12-6-10(3-4-20-12)7-21-14(25)13-2-1-5-24(13)28(26)27/h3-4,6,8-9,13,28H,1-2,5,7H2,(H,21,25). The molecule has 28 heavy (non-hydrogen) atoms. The Morgan fingerprint density at radius 1 is 1.25 bits per heavy atom. The van der Waals surface area contributed by atoms with Gasteiger partial charge in [-0.1, -0.05) is 0 Å². The van der Waals surface area contributed by atoms with Gasteiger partial charge in [-0.15, -0.1) is 0 Å². The Labute approximate surface area is 159 Å². The molecular weight excluding hydrogens is 399 g/mol. The molecule has 1 amide bonds. The van der Waals surface area contributed by atoms with Crippen LogP contribution >= 0.6 is 0 Å². The van der Waals surface area contributed by atoms with Crippen LogP contribution in [-0.2, 0) is 28.4 Å². The van der Waals surface area contributed by atoms with E-state index in [1.165, 1.54) is 6.20 Å². The number of alkyl halides is 3. The minimum absolute atomic E-state index is 0.121. The van der Waals surface area contributed by atoms with Crippen molar-refractivity contribution in [2.45, 2.75) is 31.6 Å². The van der Waals surface area contributed by atoms with E-state index in [2.05, 4.69) is 20.3 Å². The lowest BCUT2D eigenvalue weighted by Crippen LogP contribution is -2.42. The first kappa shape index (κ1) is 20.1. The lowest BCUT2D eigenvalue weighted by atomic mass is 10.1. The van der Waals surface area contributed by atoms with Crippen molar-refractivity contribution in [3.05, 3.63) is 42.1 Å². The molecular formula is C16H16F3N5O3S. The molecule has 1 saturated heterocycles. The van der Waals surface area contributed by atoms with E-state index in [-0.39, 0.29) is 6.54 Å². The Kier molecular flexibility index (Phi) is 5.89. The van der Waals surface area contributed by atoms with Crippen LogP contribution in [0.5, 0.6) is 0 Å². The summed E-state index contributed by atoms with van der Waals surface area (Å²) in [5.74, 6) is -1.63. The summed E-state index contributed by atoms with van der Waals surface area (Å²) in [6.45, 7) is 0.444. The second kappa shape index (κ2) is 8.19. The van der Waals surface area contributed by atoms with Crippen molar-refractivity contribution >= 4 is 16.8 Å². The fourth-order valence-corrected chi connectivity index (χ4v) is 3.62. The number of halogens is 3. The molecule has 150 valence electrons. The molecule has 1 fully saturated rings. The predicted molar refractivity (Wildman–Crippen MR) is 92.2 cm³/mol. The summed E-state index contributed by atoms with van der Waals surface area (Å²) in [6, 6.07) is 2.51. The number of rotatable bonds is 5. The third kappa shape index (κ3) is 4.62. The number of hydrogen-bond donors (Lipinski definition) is 2. The molecule has 3 heterocycles. The van der Waals surface area contributed by atoms with Crippen LogP contribution in [0.4, 0.5) is 13.2 Å². The molecule has 1 aliphatic heterocycles. The maximum Gasteiger partial charge on any atom is 0.451 e. The first-order valence-corrected chi connectivity index (χ1v) is 9.42. The van der Waals surface area contributed by atoms with Crippen molar-refractivity contribution in [3.63, 3.8) is 0 Å². The van der Waals surface area contributed by atoms with E-state index in [0.717, 1.165) is 16.7 Å². The summed E-state index contributed by atoms with van der Waals surface area (Å²) in [5, 5.41) is 2.68. The van der Waals surface area contributed by atoms with E-state index in [9.17, 15) is 26.4 Å². The van der Waals surface area contributed by atoms with Gasteiger partial charge < -0.3 is 5.32 Å². The summed E-state index contributed by atoms with van der Waals surface area (Å²) in [7, 11) is -2.82. The first-order valence-electron chi connectivity index (χ1n) is 8.29. The molecule has 12 heteroatoms. The number of amides is 1. The number of pyridine rings is 1. The molecule has 2 aromatic rings. The number of thiol groups is 1. The van der Waals surface area contributed by atoms with Crippen molar-refractivity contribution in [3.8, 4) is 11.3 Å². The van der Waals surface area contributed by atoms with E-state index < -0.39 is 34.8 Å². The van der Waals surface area contributed by atoms with Gasteiger partial charge in [0.1, 0.15) is 6.04 Å². The van der Waals surface area contributed by atoms with Crippen LogP contribution in [0.1, 0.15) is 24.2 Å². The Bertz CT molecular complexity index is 926. The third-order valence-corrected chi connectivity index (χ3v) is 5.13. The molecule has 0 radical (unpaired) electrons. The van der Waals surface area contributed by atoms with Crippen LogP contribution in [0.15, 0.2) is 30.7 Å². The molecule has 0 aromatic carbocycles. The fraction of sp³-hybridized carbons (Fsp3) is 0.375. The number of nitrogens with zero attached hydrogens (tertiary/aromatic N) is 4. The van der Waals surface area contributed by atoms with Crippen LogP contribution in [0.25, 0.3) is 11.3 Å². The van der Waals surface area contributed by atoms with Gasteiger partial charge in [-0.2, -0.15) is 17.5 Å². The second-order valence-electron chi connectivity index (χ2n) is 6.12. The van der Waals surface area contributed by atoms with Crippen LogP contribution in [-0.4, -0.2) is 46.2 Å². The lowest BCUT2D eigenvalue weighted by Gasteiger charge is -2.17. The topological polar surface area (TPSA) is 105 Å². The Hall–Kier alpha value is -2.60. The summed E-state index contributed by atoms with van der Waals surface area (Å²) in [5.41, 5.74) is 1.30. The molecule has 2 aromatic heterocycles. The highest BCUT2D eigenvalue weighted by Gasteiger charge is 2.34. The van der Waals surface area contributed by atoms with Gasteiger partial charge in [0, 0.05) is 37.2 Å². The zero-order chi connectivity index (χ0) is 20.3. The minimum atomic E-state index is -4.62. The van der Waals surface area contributed by atoms with Gasteiger partial charge in [-0.25, -0.2) is 18.4 Å². The summed E-state index contributed by atoms with van der Waals surface area (Å²) in [4.78, 5) is 22.9. The largest absolute Gasteiger partial charge is 0.451 e. The van der Waals surface area contributed by atoms with E-state index in [4.69, 9.17) is 0 Å². The zero-order valence-corrected chi connectivity index (χ0v) is 15.3. The molecule has 1 aliphatic rings. The van der Waals surface area contributed by atoms with Gasteiger partial charge in [0.05, 0.1) is 5.69 Å². The van der Waals surface area contributed by atoms with Crippen molar-refractivity contribution in [1.82, 2.24) is 24.6 Å². The van der Waals surface area contributed by atoms with Crippen molar-refractivity contribution in [2.24, 2.45) is 0 Å². The Balaban J connectivity index is 1.67. The summed E-state index contributed by atoms with van der Waals surface area (Å²) in [6.07, 6.45) is -0.0383. The van der Waals surface area contributed by atoms with Crippen LogP contribution in [0.2, 0.25) is 0 Å². The molecule has 3 rings (SSSR count). The Morgan fingerprint density at radius 2 is 1.96 bits per heavy atom. The normalized spacial score (nSPS) is 17.8. The number of carbonyl (C=O) groups is 1.